The Labute approximate surface area is 106 Å². The molecule has 18 heavy (non-hydrogen) atoms. The van der Waals surface area contributed by atoms with Crippen molar-refractivity contribution in [1.82, 2.24) is 15.0 Å². The van der Waals surface area contributed by atoms with Gasteiger partial charge < -0.3 is 10.5 Å². The quantitative estimate of drug-likeness (QED) is 0.895. The van der Waals surface area contributed by atoms with E-state index in [1.165, 1.54) is 11.1 Å². The van der Waals surface area contributed by atoms with Crippen LogP contribution in [-0.4, -0.2) is 21.6 Å². The van der Waals surface area contributed by atoms with Gasteiger partial charge in [-0.3, -0.25) is 0 Å². The normalized spacial score (nSPS) is 10.4. The molecule has 0 aliphatic carbocycles. The van der Waals surface area contributed by atoms with E-state index in [1.807, 2.05) is 32.0 Å². The predicted octanol–water partition coefficient (Wildman–Crippen LogP) is 2.14. The van der Waals surface area contributed by atoms with Crippen molar-refractivity contribution in [1.29, 1.82) is 0 Å². The number of aromatic nitrogens is 3. The fourth-order valence-electron chi connectivity index (χ4n) is 1.58. The summed E-state index contributed by atoms with van der Waals surface area (Å²) in [5.74, 6) is 0.704. The molecule has 0 atom stereocenters. The Balaban J connectivity index is 2.46. The molecule has 5 nitrogen and oxygen atoms in total. The molecule has 0 spiro atoms. The number of nitrogen functional groups attached to an aromatic ring is 1. The van der Waals surface area contributed by atoms with Gasteiger partial charge in [0.1, 0.15) is 0 Å². The average molecular weight is 244 g/mol. The third-order valence-corrected chi connectivity index (χ3v) is 2.67. The highest BCUT2D eigenvalue weighted by molar-refractivity contribution is 5.58. The van der Waals surface area contributed by atoms with Crippen LogP contribution in [0.4, 0.5) is 5.95 Å². The molecule has 0 bridgehead atoms. The largest absolute Gasteiger partial charge is 0.464 e. The molecule has 2 aromatic rings. The maximum absolute atomic E-state index is 5.65. The molecule has 0 saturated carbocycles. The van der Waals surface area contributed by atoms with E-state index in [9.17, 15) is 0 Å². The van der Waals surface area contributed by atoms with Crippen molar-refractivity contribution >= 4 is 5.95 Å². The molecule has 0 aliphatic heterocycles. The zero-order valence-electron chi connectivity index (χ0n) is 10.8. The molecule has 0 saturated heterocycles. The molecule has 1 heterocycles. The minimum absolute atomic E-state index is 0.168. The molecule has 94 valence electrons. The first-order chi connectivity index (χ1) is 8.60. The van der Waals surface area contributed by atoms with Gasteiger partial charge in [0.05, 0.1) is 6.61 Å². The van der Waals surface area contributed by atoms with Gasteiger partial charge in [0.25, 0.3) is 0 Å². The Morgan fingerprint density at radius 3 is 2.56 bits per heavy atom. The Kier molecular flexibility index (Phi) is 3.41. The minimum atomic E-state index is 0.168. The number of hydrogen-bond acceptors (Lipinski definition) is 5. The summed E-state index contributed by atoms with van der Waals surface area (Å²) in [6.45, 7) is 6.48. The summed E-state index contributed by atoms with van der Waals surface area (Å²) in [5, 5.41) is 0. The van der Waals surface area contributed by atoms with E-state index in [4.69, 9.17) is 10.5 Å². The summed E-state index contributed by atoms with van der Waals surface area (Å²) in [4.78, 5) is 12.3. The molecular weight excluding hydrogens is 228 g/mol. The van der Waals surface area contributed by atoms with E-state index in [-0.39, 0.29) is 12.0 Å². The Hall–Kier alpha value is -2.17. The van der Waals surface area contributed by atoms with Crippen LogP contribution in [-0.2, 0) is 0 Å². The first kappa shape index (κ1) is 12.3. The van der Waals surface area contributed by atoms with Crippen molar-refractivity contribution in [2.75, 3.05) is 12.3 Å². The summed E-state index contributed by atoms with van der Waals surface area (Å²) >= 11 is 0. The SMILES string of the molecule is CCOc1nc(N)nc(-c2ccc(C)c(C)c2)n1. The van der Waals surface area contributed by atoms with Gasteiger partial charge in [-0.05, 0) is 38.0 Å². The second-order valence-electron chi connectivity index (χ2n) is 4.03. The van der Waals surface area contributed by atoms with Crippen LogP contribution in [0.2, 0.25) is 0 Å². The highest BCUT2D eigenvalue weighted by atomic mass is 16.5. The zero-order valence-corrected chi connectivity index (χ0v) is 10.8. The molecule has 0 amide bonds. The van der Waals surface area contributed by atoms with Crippen molar-refractivity contribution in [3.05, 3.63) is 29.3 Å². The molecular formula is C13H16N4O. The van der Waals surface area contributed by atoms with E-state index in [0.29, 0.717) is 12.4 Å². The molecule has 0 unspecified atom stereocenters. The van der Waals surface area contributed by atoms with Gasteiger partial charge in [0, 0.05) is 5.56 Å². The second kappa shape index (κ2) is 5.00. The fraction of sp³-hybridized carbons (Fsp3) is 0.308. The summed E-state index contributed by atoms with van der Waals surface area (Å²) in [5.41, 5.74) is 8.98. The zero-order chi connectivity index (χ0) is 13.1. The van der Waals surface area contributed by atoms with Gasteiger partial charge >= 0.3 is 6.01 Å². The highest BCUT2D eigenvalue weighted by Crippen LogP contribution is 2.20. The molecule has 0 aliphatic rings. The lowest BCUT2D eigenvalue weighted by Crippen LogP contribution is -2.04. The fourth-order valence-corrected chi connectivity index (χ4v) is 1.58. The van der Waals surface area contributed by atoms with Crippen molar-refractivity contribution < 1.29 is 4.74 Å². The number of aryl methyl sites for hydroxylation is 2. The highest BCUT2D eigenvalue weighted by Gasteiger charge is 2.08. The number of hydrogen-bond donors (Lipinski definition) is 1. The lowest BCUT2D eigenvalue weighted by Gasteiger charge is -2.06. The molecule has 5 heteroatoms. The van der Waals surface area contributed by atoms with E-state index < -0.39 is 0 Å². The lowest BCUT2D eigenvalue weighted by atomic mass is 10.1. The van der Waals surface area contributed by atoms with Gasteiger partial charge in [-0.15, -0.1) is 0 Å². The summed E-state index contributed by atoms with van der Waals surface area (Å²) in [6, 6.07) is 6.29. The van der Waals surface area contributed by atoms with E-state index in [2.05, 4.69) is 21.9 Å². The monoisotopic (exact) mass is 244 g/mol. The average Bonchev–Trinajstić information content (AvgIpc) is 2.32. The number of benzene rings is 1. The lowest BCUT2D eigenvalue weighted by molar-refractivity contribution is 0.312. The number of anilines is 1. The van der Waals surface area contributed by atoms with Crippen LogP contribution in [0, 0.1) is 13.8 Å². The number of ether oxygens (including phenoxy) is 1. The van der Waals surface area contributed by atoms with Gasteiger partial charge in [-0.2, -0.15) is 15.0 Å². The summed E-state index contributed by atoms with van der Waals surface area (Å²) in [6.07, 6.45) is 0. The summed E-state index contributed by atoms with van der Waals surface area (Å²) in [7, 11) is 0. The van der Waals surface area contributed by atoms with E-state index in [0.717, 1.165) is 5.56 Å². The van der Waals surface area contributed by atoms with Crippen molar-refractivity contribution in [3.63, 3.8) is 0 Å². The van der Waals surface area contributed by atoms with Crippen LogP contribution in [0.15, 0.2) is 18.2 Å². The van der Waals surface area contributed by atoms with E-state index >= 15 is 0 Å². The Morgan fingerprint density at radius 2 is 1.89 bits per heavy atom. The molecule has 0 radical (unpaired) electrons. The topological polar surface area (TPSA) is 73.9 Å². The maximum atomic E-state index is 5.65. The Morgan fingerprint density at radius 1 is 1.11 bits per heavy atom. The van der Waals surface area contributed by atoms with Gasteiger partial charge in [0.2, 0.25) is 5.95 Å². The van der Waals surface area contributed by atoms with Crippen molar-refractivity contribution in [3.8, 4) is 17.4 Å². The van der Waals surface area contributed by atoms with Gasteiger partial charge in [0.15, 0.2) is 5.82 Å². The molecule has 0 fully saturated rings. The Bertz CT molecular complexity index is 569. The van der Waals surface area contributed by atoms with Crippen LogP contribution >= 0.6 is 0 Å². The smallest absolute Gasteiger partial charge is 0.321 e. The van der Waals surface area contributed by atoms with Gasteiger partial charge in [-0.25, -0.2) is 0 Å². The third-order valence-electron chi connectivity index (χ3n) is 2.67. The van der Waals surface area contributed by atoms with Crippen LogP contribution in [0.5, 0.6) is 6.01 Å². The third kappa shape index (κ3) is 2.56. The van der Waals surface area contributed by atoms with Gasteiger partial charge in [-0.1, -0.05) is 12.1 Å². The van der Waals surface area contributed by atoms with Crippen LogP contribution in [0.3, 0.4) is 0 Å². The van der Waals surface area contributed by atoms with Crippen molar-refractivity contribution in [2.24, 2.45) is 0 Å². The molecule has 2 N–H and O–H groups in total. The minimum Gasteiger partial charge on any atom is -0.464 e. The number of nitrogens with two attached hydrogens (primary N) is 1. The molecule has 1 aromatic heterocycles. The summed E-state index contributed by atoms with van der Waals surface area (Å²) < 4.78 is 5.26. The number of nitrogens with zero attached hydrogens (tertiary/aromatic N) is 3. The first-order valence-electron chi connectivity index (χ1n) is 5.82. The second-order valence-corrected chi connectivity index (χ2v) is 4.03. The molecule has 2 rings (SSSR count). The van der Waals surface area contributed by atoms with Crippen LogP contribution in [0.1, 0.15) is 18.1 Å². The van der Waals surface area contributed by atoms with Crippen molar-refractivity contribution in [2.45, 2.75) is 20.8 Å². The first-order valence-corrected chi connectivity index (χ1v) is 5.82. The number of rotatable bonds is 3. The van der Waals surface area contributed by atoms with E-state index in [1.54, 1.807) is 0 Å². The standard InChI is InChI=1S/C13H16N4O/c1-4-18-13-16-11(15-12(14)17-13)10-6-5-8(2)9(3)7-10/h5-7H,4H2,1-3H3,(H2,14,15,16,17). The predicted molar refractivity (Wildman–Crippen MR) is 70.3 cm³/mol. The van der Waals surface area contributed by atoms with Crippen LogP contribution < -0.4 is 10.5 Å². The molecule has 1 aromatic carbocycles. The maximum Gasteiger partial charge on any atom is 0.321 e. The van der Waals surface area contributed by atoms with Crippen LogP contribution in [0.25, 0.3) is 11.4 Å².